The van der Waals surface area contributed by atoms with Gasteiger partial charge in [-0.15, -0.1) is 24.8 Å². The van der Waals surface area contributed by atoms with Gasteiger partial charge in [-0.2, -0.15) is 0 Å². The van der Waals surface area contributed by atoms with E-state index in [-0.39, 0.29) is 30.6 Å². The maximum absolute atomic E-state index is 10.5. The minimum absolute atomic E-state index is 0. The lowest BCUT2D eigenvalue weighted by Gasteiger charge is -2.29. The highest BCUT2D eigenvalue weighted by Gasteiger charge is 2.23. The molecule has 1 atom stereocenters. The number of rotatable bonds is 3. The first-order chi connectivity index (χ1) is 12.7. The van der Waals surface area contributed by atoms with Crippen LogP contribution in [-0.2, 0) is 6.54 Å². The molecular weight excluding hydrogens is 419 g/mol. The molecule has 0 spiro atoms. The second-order valence-corrected chi connectivity index (χ2v) is 7.73. The number of benzene rings is 2. The molecule has 1 saturated heterocycles. The molecule has 2 aromatic carbocycles. The number of hydrogen-bond acceptors (Lipinski definition) is 4. The monoisotopic (exact) mass is 444 g/mol. The molecule has 0 aromatic heterocycles. The number of ether oxygens (including phenoxy) is 1. The third-order valence-corrected chi connectivity index (χ3v) is 5.50. The predicted octanol–water partition coefficient (Wildman–Crippen LogP) is 4.75. The lowest BCUT2D eigenvalue weighted by atomic mass is 9.98. The Morgan fingerprint density at radius 3 is 2.79 bits per heavy atom. The van der Waals surface area contributed by atoms with E-state index in [4.69, 9.17) is 16.3 Å². The van der Waals surface area contributed by atoms with Crippen molar-refractivity contribution in [2.45, 2.75) is 19.4 Å². The Hall–Kier alpha value is -1.17. The van der Waals surface area contributed by atoms with Crippen LogP contribution in [0.15, 0.2) is 36.4 Å². The van der Waals surface area contributed by atoms with E-state index in [1.165, 1.54) is 12.8 Å². The molecule has 0 bridgehead atoms. The fraction of sp³-hybridized carbons (Fsp3) is 0.429. The highest BCUT2D eigenvalue weighted by Crippen LogP contribution is 2.38. The van der Waals surface area contributed by atoms with E-state index in [0.717, 1.165) is 49.4 Å². The van der Waals surface area contributed by atoms with Crippen molar-refractivity contribution >= 4 is 36.4 Å². The number of fused-ring (bicyclic) bond motifs is 1. The molecule has 1 fully saturated rings. The van der Waals surface area contributed by atoms with Crippen LogP contribution in [0.2, 0.25) is 5.02 Å². The zero-order valence-corrected chi connectivity index (χ0v) is 18.1. The molecule has 2 heterocycles. The van der Waals surface area contributed by atoms with Crippen LogP contribution in [-0.4, -0.2) is 42.8 Å². The first-order valence-electron chi connectivity index (χ1n) is 9.37. The Kier molecular flexibility index (Phi) is 8.72. The summed E-state index contributed by atoms with van der Waals surface area (Å²) >= 11 is 6.13. The largest absolute Gasteiger partial charge is 0.504 e. The molecule has 0 radical (unpaired) electrons. The van der Waals surface area contributed by atoms with Gasteiger partial charge in [0.2, 0.25) is 0 Å². The van der Waals surface area contributed by atoms with Crippen LogP contribution < -0.4 is 10.1 Å². The topological polar surface area (TPSA) is 44.7 Å². The molecule has 1 unspecified atom stereocenters. The summed E-state index contributed by atoms with van der Waals surface area (Å²) in [6.45, 7) is 5.59. The molecular formula is C21H27Cl3N2O2. The van der Waals surface area contributed by atoms with Gasteiger partial charge in [-0.3, -0.25) is 4.90 Å². The average Bonchev–Trinajstić information content (AvgIpc) is 2.85. The number of phenols is 1. The van der Waals surface area contributed by atoms with Crippen LogP contribution in [0.1, 0.15) is 18.4 Å². The van der Waals surface area contributed by atoms with Gasteiger partial charge in [0.15, 0.2) is 11.5 Å². The molecule has 2 aliphatic rings. The van der Waals surface area contributed by atoms with Crippen molar-refractivity contribution in [2.75, 3.05) is 32.8 Å². The Bertz CT molecular complexity index is 782. The van der Waals surface area contributed by atoms with Crippen LogP contribution in [0.4, 0.5) is 0 Å². The van der Waals surface area contributed by atoms with Gasteiger partial charge in [-0.1, -0.05) is 23.7 Å². The molecule has 7 heteroatoms. The summed E-state index contributed by atoms with van der Waals surface area (Å²) in [6, 6.07) is 11.6. The smallest absolute Gasteiger partial charge is 0.165 e. The summed E-state index contributed by atoms with van der Waals surface area (Å²) < 4.78 is 5.88. The van der Waals surface area contributed by atoms with Crippen LogP contribution >= 0.6 is 36.4 Å². The highest BCUT2D eigenvalue weighted by atomic mass is 35.5. The van der Waals surface area contributed by atoms with Crippen molar-refractivity contribution in [2.24, 2.45) is 5.92 Å². The first kappa shape index (κ1) is 23.1. The maximum Gasteiger partial charge on any atom is 0.165 e. The highest BCUT2D eigenvalue weighted by molar-refractivity contribution is 6.30. The van der Waals surface area contributed by atoms with E-state index >= 15 is 0 Å². The van der Waals surface area contributed by atoms with Crippen LogP contribution in [0.25, 0.3) is 11.1 Å². The quantitative estimate of drug-likeness (QED) is 0.715. The maximum atomic E-state index is 10.5. The van der Waals surface area contributed by atoms with Gasteiger partial charge < -0.3 is 15.2 Å². The fourth-order valence-corrected chi connectivity index (χ4v) is 4.18. The van der Waals surface area contributed by atoms with Crippen molar-refractivity contribution in [3.8, 4) is 22.6 Å². The molecule has 154 valence electrons. The van der Waals surface area contributed by atoms with Gasteiger partial charge in [-0.25, -0.2) is 0 Å². The lowest BCUT2D eigenvalue weighted by molar-refractivity contribution is 0.182. The number of nitrogens with zero attached hydrogens (tertiary/aromatic N) is 1. The third-order valence-electron chi connectivity index (χ3n) is 5.27. The fourth-order valence-electron chi connectivity index (χ4n) is 3.99. The summed E-state index contributed by atoms with van der Waals surface area (Å²) in [6.07, 6.45) is 2.54. The normalized spacial score (nSPS) is 19.4. The van der Waals surface area contributed by atoms with Gasteiger partial charge in [-0.05, 0) is 67.2 Å². The number of aromatic hydroxyl groups is 1. The Labute approximate surface area is 184 Å². The van der Waals surface area contributed by atoms with E-state index in [9.17, 15) is 5.11 Å². The number of nitrogens with one attached hydrogen (secondary N) is 1. The molecule has 2 aliphatic heterocycles. The number of piperidine rings is 1. The van der Waals surface area contributed by atoms with Gasteiger partial charge in [0.1, 0.15) is 6.61 Å². The number of halogens is 3. The minimum Gasteiger partial charge on any atom is -0.504 e. The molecule has 0 aliphatic carbocycles. The summed E-state index contributed by atoms with van der Waals surface area (Å²) in [7, 11) is 0. The molecule has 4 nitrogen and oxygen atoms in total. The Morgan fingerprint density at radius 1 is 1.18 bits per heavy atom. The zero-order chi connectivity index (χ0) is 17.9. The second kappa shape index (κ2) is 10.6. The van der Waals surface area contributed by atoms with Crippen molar-refractivity contribution in [3.05, 3.63) is 47.0 Å². The van der Waals surface area contributed by atoms with Gasteiger partial charge in [0.05, 0.1) is 0 Å². The average molecular weight is 446 g/mol. The van der Waals surface area contributed by atoms with E-state index < -0.39 is 0 Å². The van der Waals surface area contributed by atoms with Crippen LogP contribution in [0.5, 0.6) is 11.5 Å². The number of hydrogen-bond donors (Lipinski definition) is 2. The number of phenolic OH excluding ortho intramolecular Hbond substituents is 1. The summed E-state index contributed by atoms with van der Waals surface area (Å²) in [4.78, 5) is 2.45. The second-order valence-electron chi connectivity index (χ2n) is 7.29. The predicted molar refractivity (Wildman–Crippen MR) is 119 cm³/mol. The first-order valence-corrected chi connectivity index (χ1v) is 9.74. The van der Waals surface area contributed by atoms with E-state index in [1.807, 2.05) is 24.3 Å². The van der Waals surface area contributed by atoms with E-state index in [0.29, 0.717) is 23.3 Å². The Morgan fingerprint density at radius 2 is 2.04 bits per heavy atom. The molecule has 0 saturated carbocycles. The molecule has 2 N–H and O–H groups in total. The molecule has 28 heavy (non-hydrogen) atoms. The third kappa shape index (κ3) is 5.46. The van der Waals surface area contributed by atoms with Gasteiger partial charge >= 0.3 is 0 Å². The lowest BCUT2D eigenvalue weighted by Crippen LogP contribution is -2.38. The summed E-state index contributed by atoms with van der Waals surface area (Å²) in [5.41, 5.74) is 3.01. The van der Waals surface area contributed by atoms with E-state index in [2.05, 4.69) is 16.3 Å². The SMILES string of the molecule is Cl.Cl.Oc1cc(-c2cccc(Cl)c2)cc2c1OCCN(CC1CCCNC1)C2. The molecule has 4 rings (SSSR count). The minimum atomic E-state index is 0. The standard InChI is InChI=1S/C21H25ClN2O2.2ClH/c22-19-5-1-4-16(10-19)17-9-18-14-24(13-15-3-2-6-23-12-15)7-8-26-21(18)20(25)11-17;;/h1,4-5,9-11,15,23,25H,2-3,6-8,12-14H2;2*1H. The molecule has 0 amide bonds. The van der Waals surface area contributed by atoms with Crippen molar-refractivity contribution in [3.63, 3.8) is 0 Å². The van der Waals surface area contributed by atoms with Gasteiger partial charge in [0, 0.05) is 30.2 Å². The van der Waals surface area contributed by atoms with Crippen molar-refractivity contribution in [1.29, 1.82) is 0 Å². The van der Waals surface area contributed by atoms with Crippen LogP contribution in [0, 0.1) is 5.92 Å². The van der Waals surface area contributed by atoms with E-state index in [1.54, 1.807) is 6.07 Å². The summed E-state index contributed by atoms with van der Waals surface area (Å²) in [5.74, 6) is 1.52. The van der Waals surface area contributed by atoms with Crippen molar-refractivity contribution < 1.29 is 9.84 Å². The Balaban J connectivity index is 0.00000140. The van der Waals surface area contributed by atoms with Crippen molar-refractivity contribution in [1.82, 2.24) is 10.2 Å². The molecule has 2 aromatic rings. The van der Waals surface area contributed by atoms with Crippen LogP contribution in [0.3, 0.4) is 0 Å². The van der Waals surface area contributed by atoms with Gasteiger partial charge in [0.25, 0.3) is 0 Å². The zero-order valence-electron chi connectivity index (χ0n) is 15.7. The summed E-state index contributed by atoms with van der Waals surface area (Å²) in [5, 5.41) is 14.7.